The van der Waals surface area contributed by atoms with Crippen molar-refractivity contribution in [1.82, 2.24) is 4.90 Å². The summed E-state index contributed by atoms with van der Waals surface area (Å²) >= 11 is 2.08. The summed E-state index contributed by atoms with van der Waals surface area (Å²) < 4.78 is 0.849. The van der Waals surface area contributed by atoms with Crippen LogP contribution in [0.2, 0.25) is 0 Å². The molecule has 4 nitrogen and oxygen atoms in total. The third kappa shape index (κ3) is 4.41. The number of halogens is 1. The minimum atomic E-state index is -0.368. The molecule has 1 aromatic carbocycles. The van der Waals surface area contributed by atoms with Gasteiger partial charge in [-0.2, -0.15) is 0 Å². The molecule has 0 heterocycles. The molecule has 0 aliphatic rings. The van der Waals surface area contributed by atoms with Gasteiger partial charge in [-0.1, -0.05) is 26.0 Å². The first-order valence-electron chi connectivity index (χ1n) is 6.10. The summed E-state index contributed by atoms with van der Waals surface area (Å²) in [6.45, 7) is 6.89. The molecular formula is C14H18INO3. The van der Waals surface area contributed by atoms with Crippen molar-refractivity contribution in [3.05, 3.63) is 33.9 Å². The first kappa shape index (κ1) is 15.8. The molecule has 0 unspecified atom stereocenters. The number of carbonyl (C=O) groups is 1. The largest absolute Gasteiger partial charge is 0.504 e. The van der Waals surface area contributed by atoms with Gasteiger partial charge in [0, 0.05) is 10.1 Å². The Morgan fingerprint density at radius 1 is 1.42 bits per heavy atom. The van der Waals surface area contributed by atoms with Crippen LogP contribution in [0.15, 0.2) is 28.4 Å². The summed E-state index contributed by atoms with van der Waals surface area (Å²) in [5.41, 5.74) is 0.119. The number of carbonyl (C=O) groups excluding carboxylic acids is 1. The van der Waals surface area contributed by atoms with Crippen LogP contribution in [0.4, 0.5) is 0 Å². The number of benzene rings is 1. The van der Waals surface area contributed by atoms with Gasteiger partial charge in [-0.05, 0) is 41.1 Å². The van der Waals surface area contributed by atoms with Crippen LogP contribution in [0.3, 0.4) is 0 Å². The Morgan fingerprint density at radius 2 is 2.11 bits per heavy atom. The van der Waals surface area contributed by atoms with E-state index in [0.29, 0.717) is 13.1 Å². The number of phenols is 2. The van der Waals surface area contributed by atoms with Crippen LogP contribution in [-0.2, 0) is 0 Å². The van der Waals surface area contributed by atoms with E-state index in [1.54, 1.807) is 11.0 Å². The first-order chi connectivity index (χ1) is 8.97. The maximum Gasteiger partial charge on any atom is 0.258 e. The summed E-state index contributed by atoms with van der Waals surface area (Å²) in [7, 11) is 0. The van der Waals surface area contributed by atoms with Crippen molar-refractivity contribution >= 4 is 28.5 Å². The normalized spacial score (nSPS) is 10.2. The third-order valence-corrected chi connectivity index (χ3v) is 3.02. The number of phenolic OH excluding ortho intramolecular Hbond substituents is 2. The molecule has 1 rings (SSSR count). The van der Waals surface area contributed by atoms with E-state index < -0.39 is 0 Å². The zero-order valence-electron chi connectivity index (χ0n) is 10.9. The molecule has 0 aliphatic heterocycles. The number of para-hydroxylation sites is 1. The van der Waals surface area contributed by atoms with Crippen molar-refractivity contribution in [2.75, 3.05) is 13.1 Å². The molecule has 0 saturated carbocycles. The maximum atomic E-state index is 12.4. The Morgan fingerprint density at radius 3 is 2.68 bits per heavy atom. The fraction of sp³-hybridized carbons (Fsp3) is 0.357. The molecule has 2 N–H and O–H groups in total. The lowest BCUT2D eigenvalue weighted by Crippen LogP contribution is -2.33. The first-order valence-corrected chi connectivity index (χ1v) is 7.18. The maximum absolute atomic E-state index is 12.4. The van der Waals surface area contributed by atoms with Gasteiger partial charge in [0.1, 0.15) is 0 Å². The van der Waals surface area contributed by atoms with E-state index in [-0.39, 0.29) is 23.0 Å². The lowest BCUT2D eigenvalue weighted by Gasteiger charge is -2.22. The fourth-order valence-electron chi connectivity index (χ4n) is 1.68. The van der Waals surface area contributed by atoms with Crippen molar-refractivity contribution in [2.45, 2.75) is 19.8 Å². The van der Waals surface area contributed by atoms with E-state index in [0.717, 1.165) is 16.4 Å². The molecule has 0 fully saturated rings. The summed E-state index contributed by atoms with van der Waals surface area (Å²) in [5.74, 6) is -0.942. The van der Waals surface area contributed by atoms with E-state index in [2.05, 4.69) is 29.2 Å². The second kappa shape index (κ2) is 7.37. The second-order valence-electron chi connectivity index (χ2n) is 4.27. The average Bonchev–Trinajstić information content (AvgIpc) is 2.36. The highest BCUT2D eigenvalue weighted by atomic mass is 127. The standard InChI is InChI=1S/C14H18INO3/c1-3-4-8-16(9-10(2)15)14(19)11-6-5-7-12(17)13(11)18/h5-7,17-18H,2-4,8-9H2,1H3. The lowest BCUT2D eigenvalue weighted by atomic mass is 10.1. The van der Waals surface area contributed by atoms with Crippen LogP contribution < -0.4 is 0 Å². The molecule has 0 aliphatic carbocycles. The van der Waals surface area contributed by atoms with Gasteiger partial charge < -0.3 is 15.1 Å². The van der Waals surface area contributed by atoms with Crippen molar-refractivity contribution in [3.63, 3.8) is 0 Å². The van der Waals surface area contributed by atoms with Crippen molar-refractivity contribution in [1.29, 1.82) is 0 Å². The molecule has 1 aromatic rings. The Labute approximate surface area is 126 Å². The predicted octanol–water partition coefficient (Wildman–Crippen LogP) is 3.29. The Balaban J connectivity index is 2.97. The van der Waals surface area contributed by atoms with Crippen LogP contribution in [0.5, 0.6) is 11.5 Å². The van der Waals surface area contributed by atoms with E-state index in [9.17, 15) is 15.0 Å². The van der Waals surface area contributed by atoms with Gasteiger partial charge in [0.25, 0.3) is 5.91 Å². The van der Waals surface area contributed by atoms with Gasteiger partial charge in [-0.25, -0.2) is 0 Å². The van der Waals surface area contributed by atoms with Gasteiger partial charge in [-0.15, -0.1) is 0 Å². The minimum Gasteiger partial charge on any atom is -0.504 e. The fourth-order valence-corrected chi connectivity index (χ4v) is 2.09. The SMILES string of the molecule is C=C(I)CN(CCCC)C(=O)c1cccc(O)c1O. The molecule has 0 aromatic heterocycles. The number of unbranched alkanes of at least 4 members (excludes halogenated alkanes) is 1. The zero-order chi connectivity index (χ0) is 14.4. The molecule has 0 bridgehead atoms. The molecular weight excluding hydrogens is 357 g/mol. The summed E-state index contributed by atoms with van der Waals surface area (Å²) in [6, 6.07) is 4.39. The highest BCUT2D eigenvalue weighted by molar-refractivity contribution is 14.1. The quantitative estimate of drug-likeness (QED) is 0.593. The molecule has 19 heavy (non-hydrogen) atoms. The number of aromatic hydroxyl groups is 2. The summed E-state index contributed by atoms with van der Waals surface area (Å²) in [6.07, 6.45) is 1.86. The van der Waals surface area contributed by atoms with Crippen LogP contribution in [-0.4, -0.2) is 34.1 Å². The van der Waals surface area contributed by atoms with Crippen LogP contribution in [0, 0.1) is 0 Å². The van der Waals surface area contributed by atoms with Gasteiger partial charge in [0.2, 0.25) is 0 Å². The van der Waals surface area contributed by atoms with E-state index >= 15 is 0 Å². The highest BCUT2D eigenvalue weighted by Gasteiger charge is 2.20. The molecule has 0 radical (unpaired) electrons. The molecule has 0 saturated heterocycles. The van der Waals surface area contributed by atoms with Gasteiger partial charge >= 0.3 is 0 Å². The average molecular weight is 375 g/mol. The van der Waals surface area contributed by atoms with Crippen LogP contribution in [0.1, 0.15) is 30.1 Å². The molecule has 1 amide bonds. The van der Waals surface area contributed by atoms with E-state index in [4.69, 9.17) is 0 Å². The molecule has 104 valence electrons. The number of amides is 1. The highest BCUT2D eigenvalue weighted by Crippen LogP contribution is 2.29. The smallest absolute Gasteiger partial charge is 0.258 e. The van der Waals surface area contributed by atoms with Crippen LogP contribution in [0.25, 0.3) is 0 Å². The van der Waals surface area contributed by atoms with Gasteiger partial charge in [0.15, 0.2) is 11.5 Å². The lowest BCUT2D eigenvalue weighted by molar-refractivity contribution is 0.0767. The monoisotopic (exact) mass is 375 g/mol. The van der Waals surface area contributed by atoms with E-state index in [1.807, 2.05) is 6.92 Å². The minimum absolute atomic E-state index is 0.119. The molecule has 0 spiro atoms. The van der Waals surface area contributed by atoms with E-state index in [1.165, 1.54) is 12.1 Å². The summed E-state index contributed by atoms with van der Waals surface area (Å²) in [4.78, 5) is 14.0. The number of hydrogen-bond acceptors (Lipinski definition) is 3. The van der Waals surface area contributed by atoms with Gasteiger partial charge in [0.05, 0.1) is 12.1 Å². The Kier molecular flexibility index (Phi) is 6.14. The number of rotatable bonds is 6. The number of nitrogens with zero attached hydrogens (tertiary/aromatic N) is 1. The third-order valence-electron chi connectivity index (χ3n) is 2.68. The van der Waals surface area contributed by atoms with Crippen molar-refractivity contribution < 1.29 is 15.0 Å². The number of hydrogen-bond donors (Lipinski definition) is 2. The molecule has 5 heteroatoms. The van der Waals surface area contributed by atoms with Gasteiger partial charge in [-0.3, -0.25) is 4.79 Å². The topological polar surface area (TPSA) is 60.8 Å². The summed E-state index contributed by atoms with van der Waals surface area (Å²) in [5, 5.41) is 19.2. The Hall–Kier alpha value is -1.24. The molecule has 0 atom stereocenters. The van der Waals surface area contributed by atoms with Crippen LogP contribution >= 0.6 is 22.6 Å². The zero-order valence-corrected chi connectivity index (χ0v) is 13.1. The van der Waals surface area contributed by atoms with Crippen molar-refractivity contribution in [3.8, 4) is 11.5 Å². The Bertz CT molecular complexity index is 474. The second-order valence-corrected chi connectivity index (χ2v) is 5.80. The predicted molar refractivity (Wildman–Crippen MR) is 83.7 cm³/mol. The van der Waals surface area contributed by atoms with Crippen molar-refractivity contribution in [2.24, 2.45) is 0 Å².